The maximum Gasteiger partial charge on any atom is 0.358 e. The molecule has 2 N–H and O–H groups in total. The fourth-order valence-corrected chi connectivity index (χ4v) is 2.77. The van der Waals surface area contributed by atoms with Gasteiger partial charge in [0.05, 0.1) is 19.3 Å². The Bertz CT molecular complexity index is 766. The number of nitrogens with zero attached hydrogens (tertiary/aromatic N) is 2. The Balaban J connectivity index is 1.88. The van der Waals surface area contributed by atoms with Crippen LogP contribution in [0.25, 0.3) is 0 Å². The molecule has 132 valence electrons. The van der Waals surface area contributed by atoms with Crippen LogP contribution in [0.2, 0.25) is 5.02 Å². The van der Waals surface area contributed by atoms with E-state index < -0.39 is 12.1 Å². The molecule has 0 unspecified atom stereocenters. The minimum Gasteiger partial charge on any atom is -0.464 e. The Kier molecular flexibility index (Phi) is 5.20. The summed E-state index contributed by atoms with van der Waals surface area (Å²) >= 11 is 6.30. The number of aliphatic hydroxyl groups is 1. The molecule has 1 aromatic heterocycles. The fraction of sp³-hybridized carbons (Fsp3) is 0.389. The van der Waals surface area contributed by atoms with Gasteiger partial charge >= 0.3 is 5.97 Å². The first-order valence-electron chi connectivity index (χ1n) is 8.16. The van der Waals surface area contributed by atoms with Crippen LogP contribution in [0.1, 0.15) is 53.7 Å². The Hall–Kier alpha value is -2.18. The van der Waals surface area contributed by atoms with Crippen LogP contribution in [0, 0.1) is 0 Å². The summed E-state index contributed by atoms with van der Waals surface area (Å²) in [7, 11) is 1.28. The van der Waals surface area contributed by atoms with Gasteiger partial charge in [-0.3, -0.25) is 0 Å². The van der Waals surface area contributed by atoms with E-state index in [2.05, 4.69) is 15.3 Å². The highest BCUT2D eigenvalue weighted by atomic mass is 35.5. The standard InChI is InChI=1S/C18H20ClN3O3/c1-10(15(23)11-6-4-3-5-7-11)20-17-13(19)14(18(24)25-2)21-16(22-17)12-8-9-12/h3-7,10,12,15,23H,8-9H2,1-2H3,(H,20,21,22)/t10-,15-/m0/s1. The zero-order valence-electron chi connectivity index (χ0n) is 14.1. The number of aromatic nitrogens is 2. The van der Waals surface area contributed by atoms with E-state index in [-0.39, 0.29) is 22.7 Å². The number of carbonyl (C=O) groups is 1. The SMILES string of the molecule is COC(=O)c1nc(C2CC2)nc(N[C@@H](C)[C@H](O)c2ccccc2)c1Cl. The summed E-state index contributed by atoms with van der Waals surface area (Å²) in [4.78, 5) is 20.7. The maximum absolute atomic E-state index is 11.9. The molecule has 1 aliphatic carbocycles. The molecule has 0 bridgehead atoms. The minimum atomic E-state index is -0.752. The molecule has 1 fully saturated rings. The fourth-order valence-electron chi connectivity index (χ4n) is 2.55. The summed E-state index contributed by atoms with van der Waals surface area (Å²) in [6, 6.07) is 8.94. The molecular formula is C18H20ClN3O3. The van der Waals surface area contributed by atoms with Crippen molar-refractivity contribution in [2.45, 2.75) is 37.8 Å². The minimum absolute atomic E-state index is 0.0463. The molecule has 6 nitrogen and oxygen atoms in total. The van der Waals surface area contributed by atoms with Crippen molar-refractivity contribution in [2.24, 2.45) is 0 Å². The maximum atomic E-state index is 11.9. The highest BCUT2D eigenvalue weighted by molar-refractivity contribution is 6.35. The van der Waals surface area contributed by atoms with Crippen LogP contribution in [0.4, 0.5) is 5.82 Å². The van der Waals surface area contributed by atoms with Gasteiger partial charge in [0.25, 0.3) is 0 Å². The molecule has 7 heteroatoms. The quantitative estimate of drug-likeness (QED) is 0.768. The van der Waals surface area contributed by atoms with Crippen LogP contribution in [0.5, 0.6) is 0 Å². The summed E-state index contributed by atoms with van der Waals surface area (Å²) in [5, 5.41) is 13.7. The van der Waals surface area contributed by atoms with Crippen molar-refractivity contribution in [2.75, 3.05) is 12.4 Å². The number of carbonyl (C=O) groups excluding carboxylic acids is 1. The van der Waals surface area contributed by atoms with Gasteiger partial charge < -0.3 is 15.2 Å². The van der Waals surface area contributed by atoms with E-state index in [0.717, 1.165) is 18.4 Å². The van der Waals surface area contributed by atoms with Crippen molar-refractivity contribution in [3.05, 3.63) is 52.4 Å². The summed E-state index contributed by atoms with van der Waals surface area (Å²) in [6.07, 6.45) is 1.23. The topological polar surface area (TPSA) is 84.3 Å². The van der Waals surface area contributed by atoms with E-state index in [1.807, 2.05) is 37.3 Å². The number of nitrogens with one attached hydrogen (secondary N) is 1. The highest BCUT2D eigenvalue weighted by Gasteiger charge is 2.30. The molecule has 3 rings (SSSR count). The third-order valence-electron chi connectivity index (χ3n) is 4.17. The smallest absolute Gasteiger partial charge is 0.358 e. The van der Waals surface area contributed by atoms with Gasteiger partial charge in [-0.2, -0.15) is 0 Å². The third-order valence-corrected chi connectivity index (χ3v) is 4.53. The van der Waals surface area contributed by atoms with Crippen molar-refractivity contribution in [3.8, 4) is 0 Å². The second kappa shape index (κ2) is 7.37. The average molecular weight is 362 g/mol. The van der Waals surface area contributed by atoms with E-state index in [1.54, 1.807) is 0 Å². The van der Waals surface area contributed by atoms with Crippen molar-refractivity contribution in [1.82, 2.24) is 9.97 Å². The van der Waals surface area contributed by atoms with E-state index in [9.17, 15) is 9.90 Å². The number of hydrogen-bond acceptors (Lipinski definition) is 6. The number of halogens is 1. The largest absolute Gasteiger partial charge is 0.464 e. The first kappa shape index (κ1) is 17.6. The Labute approximate surface area is 151 Å². The summed E-state index contributed by atoms with van der Waals surface area (Å²) in [6.45, 7) is 1.82. The molecule has 1 saturated carbocycles. The predicted molar refractivity (Wildman–Crippen MR) is 94.8 cm³/mol. The Morgan fingerprint density at radius 3 is 2.60 bits per heavy atom. The van der Waals surface area contributed by atoms with E-state index in [1.165, 1.54) is 7.11 Å². The molecule has 1 aliphatic rings. The number of hydrogen-bond donors (Lipinski definition) is 2. The van der Waals surface area contributed by atoms with Crippen LogP contribution >= 0.6 is 11.6 Å². The van der Waals surface area contributed by atoms with Crippen LogP contribution in [-0.2, 0) is 4.74 Å². The van der Waals surface area contributed by atoms with Crippen LogP contribution in [0.15, 0.2) is 30.3 Å². The van der Waals surface area contributed by atoms with Crippen LogP contribution in [-0.4, -0.2) is 34.2 Å². The number of benzene rings is 1. The van der Waals surface area contributed by atoms with Crippen LogP contribution in [0.3, 0.4) is 0 Å². The first-order valence-corrected chi connectivity index (χ1v) is 8.54. The molecule has 25 heavy (non-hydrogen) atoms. The second-order valence-electron chi connectivity index (χ2n) is 6.15. The van der Waals surface area contributed by atoms with Gasteiger partial charge in [-0.15, -0.1) is 0 Å². The van der Waals surface area contributed by atoms with Crippen molar-refractivity contribution >= 4 is 23.4 Å². The summed E-state index contributed by atoms with van der Waals surface area (Å²) in [5.41, 5.74) is 0.827. The zero-order chi connectivity index (χ0) is 18.0. The average Bonchev–Trinajstić information content (AvgIpc) is 3.48. The van der Waals surface area contributed by atoms with Crippen LogP contribution < -0.4 is 5.32 Å². The van der Waals surface area contributed by atoms with Crippen molar-refractivity contribution in [3.63, 3.8) is 0 Å². The Morgan fingerprint density at radius 2 is 2.00 bits per heavy atom. The lowest BCUT2D eigenvalue weighted by molar-refractivity contribution is 0.0593. The molecule has 0 amide bonds. The lowest BCUT2D eigenvalue weighted by atomic mass is 10.0. The molecule has 2 atom stereocenters. The molecule has 1 heterocycles. The normalized spacial score (nSPS) is 16.2. The highest BCUT2D eigenvalue weighted by Crippen LogP contribution is 2.40. The molecular weight excluding hydrogens is 342 g/mol. The summed E-state index contributed by atoms with van der Waals surface area (Å²) in [5.74, 6) is 0.555. The predicted octanol–water partition coefficient (Wildman–Crippen LogP) is 3.33. The van der Waals surface area contributed by atoms with Gasteiger partial charge in [-0.25, -0.2) is 14.8 Å². The van der Waals surface area contributed by atoms with Gasteiger partial charge in [0.15, 0.2) is 5.69 Å². The Morgan fingerprint density at radius 1 is 1.32 bits per heavy atom. The third kappa shape index (κ3) is 3.91. The van der Waals surface area contributed by atoms with Gasteiger partial charge in [0.1, 0.15) is 16.7 Å². The number of methoxy groups -OCH3 is 1. The zero-order valence-corrected chi connectivity index (χ0v) is 14.8. The summed E-state index contributed by atoms with van der Waals surface area (Å²) < 4.78 is 4.76. The van der Waals surface area contributed by atoms with Crippen molar-refractivity contribution in [1.29, 1.82) is 0 Å². The number of aliphatic hydroxyl groups excluding tert-OH is 1. The molecule has 0 radical (unpaired) electrons. The van der Waals surface area contributed by atoms with E-state index in [4.69, 9.17) is 16.3 Å². The van der Waals surface area contributed by atoms with Gasteiger partial charge in [-0.05, 0) is 25.3 Å². The molecule has 0 spiro atoms. The number of anilines is 1. The van der Waals surface area contributed by atoms with E-state index in [0.29, 0.717) is 11.6 Å². The number of ether oxygens (including phenoxy) is 1. The lowest BCUT2D eigenvalue weighted by Crippen LogP contribution is -2.25. The molecule has 1 aromatic carbocycles. The number of esters is 1. The van der Waals surface area contributed by atoms with Gasteiger partial charge in [0.2, 0.25) is 0 Å². The number of rotatable bonds is 6. The first-order chi connectivity index (χ1) is 12.0. The molecule has 0 saturated heterocycles. The monoisotopic (exact) mass is 361 g/mol. The molecule has 0 aliphatic heterocycles. The molecule has 2 aromatic rings. The van der Waals surface area contributed by atoms with Gasteiger partial charge in [0, 0.05) is 5.92 Å². The van der Waals surface area contributed by atoms with Gasteiger partial charge in [-0.1, -0.05) is 41.9 Å². The lowest BCUT2D eigenvalue weighted by Gasteiger charge is -2.22. The second-order valence-corrected chi connectivity index (χ2v) is 6.53. The van der Waals surface area contributed by atoms with E-state index >= 15 is 0 Å². The van der Waals surface area contributed by atoms with Crippen molar-refractivity contribution < 1.29 is 14.6 Å².